The van der Waals surface area contributed by atoms with Gasteiger partial charge in [-0.25, -0.2) is 4.39 Å². The zero-order valence-electron chi connectivity index (χ0n) is 14.4. The van der Waals surface area contributed by atoms with Crippen LogP contribution in [0.3, 0.4) is 0 Å². The van der Waals surface area contributed by atoms with Gasteiger partial charge in [0.1, 0.15) is 11.5 Å². The monoisotopic (exact) mass is 372 g/mol. The van der Waals surface area contributed by atoms with Crippen LogP contribution in [-0.4, -0.2) is 23.2 Å². The predicted octanol–water partition coefficient (Wildman–Crippen LogP) is 4.34. The molecular weight excluding hydrogens is 351 g/mol. The molecule has 0 bridgehead atoms. The summed E-state index contributed by atoms with van der Waals surface area (Å²) in [7, 11) is 0. The largest absolute Gasteiger partial charge is 0.376 e. The summed E-state index contributed by atoms with van der Waals surface area (Å²) < 4.78 is 22.1. The Balaban J connectivity index is 1.52. The van der Waals surface area contributed by atoms with Crippen LogP contribution < -0.4 is 5.32 Å². The molecule has 0 spiro atoms. The van der Waals surface area contributed by atoms with Crippen LogP contribution in [0, 0.1) is 5.82 Å². The van der Waals surface area contributed by atoms with Crippen LogP contribution in [-0.2, 0) is 17.8 Å². The molecule has 4 rings (SSSR count). The van der Waals surface area contributed by atoms with E-state index in [0.29, 0.717) is 18.8 Å². The van der Waals surface area contributed by atoms with Crippen LogP contribution >= 0.6 is 11.3 Å². The van der Waals surface area contributed by atoms with Gasteiger partial charge in [-0.3, -0.25) is 4.79 Å². The zero-order valence-corrected chi connectivity index (χ0v) is 15.2. The van der Waals surface area contributed by atoms with E-state index in [2.05, 4.69) is 16.0 Å². The number of benzene rings is 1. The third kappa shape index (κ3) is 3.66. The standard InChI is InChI=1S/C20H21FN2O2S/c21-15-6-4-14(5-7-15)12-22-20(24)18-11-19-17(8-10-26-19)23(18)13-16-3-1-2-9-25-16/h4-8,10-11,16H,1-3,9,12-13H2,(H,22,24). The summed E-state index contributed by atoms with van der Waals surface area (Å²) in [6.45, 7) is 1.86. The molecule has 1 amide bonds. The van der Waals surface area contributed by atoms with E-state index in [1.807, 2.05) is 11.4 Å². The number of rotatable bonds is 5. The first kappa shape index (κ1) is 17.2. The summed E-state index contributed by atoms with van der Waals surface area (Å²) in [6.07, 6.45) is 3.47. The van der Waals surface area contributed by atoms with Crippen molar-refractivity contribution in [1.29, 1.82) is 0 Å². The van der Waals surface area contributed by atoms with Gasteiger partial charge in [0, 0.05) is 19.7 Å². The van der Waals surface area contributed by atoms with E-state index in [1.54, 1.807) is 23.5 Å². The lowest BCUT2D eigenvalue weighted by Crippen LogP contribution is -2.29. The number of nitrogens with one attached hydrogen (secondary N) is 1. The number of fused-ring (bicyclic) bond motifs is 1. The van der Waals surface area contributed by atoms with Crippen LogP contribution in [0.4, 0.5) is 4.39 Å². The number of amides is 1. The maximum absolute atomic E-state index is 13.0. The fourth-order valence-corrected chi connectivity index (χ4v) is 4.21. The van der Waals surface area contributed by atoms with Crippen LogP contribution in [0.2, 0.25) is 0 Å². The van der Waals surface area contributed by atoms with Gasteiger partial charge in [0.15, 0.2) is 0 Å². The molecule has 1 atom stereocenters. The lowest BCUT2D eigenvalue weighted by molar-refractivity contribution is 0.00637. The van der Waals surface area contributed by atoms with Crippen molar-refractivity contribution in [2.75, 3.05) is 6.61 Å². The Kier molecular flexibility index (Phi) is 5.04. The summed E-state index contributed by atoms with van der Waals surface area (Å²) in [6, 6.07) is 10.2. The molecule has 1 saturated heterocycles. The van der Waals surface area contributed by atoms with Gasteiger partial charge in [0.2, 0.25) is 0 Å². The third-order valence-corrected chi connectivity index (χ3v) is 5.64. The molecule has 26 heavy (non-hydrogen) atoms. The van der Waals surface area contributed by atoms with E-state index in [4.69, 9.17) is 4.74 Å². The van der Waals surface area contributed by atoms with Crippen molar-refractivity contribution in [2.45, 2.75) is 38.5 Å². The molecule has 1 aliphatic rings. The van der Waals surface area contributed by atoms with Crippen LogP contribution in [0.15, 0.2) is 41.8 Å². The number of ether oxygens (including phenoxy) is 1. The van der Waals surface area contributed by atoms with Gasteiger partial charge in [0.05, 0.1) is 16.3 Å². The van der Waals surface area contributed by atoms with Crippen molar-refractivity contribution in [3.05, 3.63) is 58.9 Å². The highest BCUT2D eigenvalue weighted by atomic mass is 32.1. The van der Waals surface area contributed by atoms with Crippen molar-refractivity contribution in [2.24, 2.45) is 0 Å². The average Bonchev–Trinajstić information content (AvgIpc) is 3.25. The maximum Gasteiger partial charge on any atom is 0.268 e. The molecule has 1 fully saturated rings. The Hall–Kier alpha value is -2.18. The summed E-state index contributed by atoms with van der Waals surface area (Å²) in [5, 5.41) is 4.99. The van der Waals surface area contributed by atoms with Gasteiger partial charge in [-0.2, -0.15) is 0 Å². The second-order valence-electron chi connectivity index (χ2n) is 6.61. The zero-order chi connectivity index (χ0) is 17.9. The minimum Gasteiger partial charge on any atom is -0.376 e. The fourth-order valence-electron chi connectivity index (χ4n) is 3.39. The van der Waals surface area contributed by atoms with Crippen molar-refractivity contribution in [3.63, 3.8) is 0 Å². The summed E-state index contributed by atoms with van der Waals surface area (Å²) in [5.74, 6) is -0.393. The lowest BCUT2D eigenvalue weighted by Gasteiger charge is -2.24. The Morgan fingerprint density at radius 1 is 1.27 bits per heavy atom. The average molecular weight is 372 g/mol. The second-order valence-corrected chi connectivity index (χ2v) is 7.56. The number of halogens is 1. The first-order valence-electron chi connectivity index (χ1n) is 8.92. The number of carbonyl (C=O) groups is 1. The van der Waals surface area contributed by atoms with Gasteiger partial charge in [-0.15, -0.1) is 11.3 Å². The molecule has 0 radical (unpaired) electrons. The summed E-state index contributed by atoms with van der Waals surface area (Å²) in [4.78, 5) is 12.8. The first-order chi connectivity index (χ1) is 12.7. The third-order valence-electron chi connectivity index (χ3n) is 4.78. The summed E-state index contributed by atoms with van der Waals surface area (Å²) >= 11 is 1.63. The molecule has 4 nitrogen and oxygen atoms in total. The Morgan fingerprint density at radius 2 is 2.12 bits per heavy atom. The molecule has 1 N–H and O–H groups in total. The normalized spacial score (nSPS) is 17.5. The number of hydrogen-bond donors (Lipinski definition) is 1. The van der Waals surface area contributed by atoms with Gasteiger partial charge in [-0.1, -0.05) is 12.1 Å². The van der Waals surface area contributed by atoms with E-state index in [9.17, 15) is 9.18 Å². The van der Waals surface area contributed by atoms with Gasteiger partial charge in [-0.05, 0) is 54.5 Å². The molecule has 0 aliphatic carbocycles. The van der Waals surface area contributed by atoms with E-state index < -0.39 is 0 Å². The fraction of sp³-hybridized carbons (Fsp3) is 0.350. The Bertz CT molecular complexity index is 894. The van der Waals surface area contributed by atoms with Gasteiger partial charge >= 0.3 is 0 Å². The van der Waals surface area contributed by atoms with E-state index in [0.717, 1.165) is 35.2 Å². The lowest BCUT2D eigenvalue weighted by atomic mass is 10.1. The first-order valence-corrected chi connectivity index (χ1v) is 9.79. The number of aromatic nitrogens is 1. The smallest absolute Gasteiger partial charge is 0.268 e. The molecule has 136 valence electrons. The maximum atomic E-state index is 13.0. The highest BCUT2D eigenvalue weighted by Gasteiger charge is 2.21. The van der Waals surface area contributed by atoms with E-state index in [-0.39, 0.29) is 17.8 Å². The molecule has 1 aliphatic heterocycles. The van der Waals surface area contributed by atoms with Crippen LogP contribution in [0.25, 0.3) is 10.2 Å². The SMILES string of the molecule is O=C(NCc1ccc(F)cc1)c1cc2sccc2n1CC1CCCCO1. The van der Waals surface area contributed by atoms with E-state index >= 15 is 0 Å². The summed E-state index contributed by atoms with van der Waals surface area (Å²) in [5.41, 5.74) is 2.61. The molecule has 6 heteroatoms. The molecular formula is C20H21FN2O2S. The second kappa shape index (κ2) is 7.60. The highest BCUT2D eigenvalue weighted by molar-refractivity contribution is 7.17. The minimum atomic E-state index is -0.276. The molecule has 0 saturated carbocycles. The van der Waals surface area contributed by atoms with Gasteiger partial charge in [0.25, 0.3) is 5.91 Å². The number of nitrogens with zero attached hydrogens (tertiary/aromatic N) is 1. The topological polar surface area (TPSA) is 43.3 Å². The van der Waals surface area contributed by atoms with Crippen molar-refractivity contribution >= 4 is 27.5 Å². The Morgan fingerprint density at radius 3 is 2.88 bits per heavy atom. The van der Waals surface area contributed by atoms with Crippen molar-refractivity contribution < 1.29 is 13.9 Å². The molecule has 3 aromatic rings. The number of carbonyl (C=O) groups excluding carboxylic acids is 1. The van der Waals surface area contributed by atoms with Gasteiger partial charge < -0.3 is 14.6 Å². The highest BCUT2D eigenvalue weighted by Crippen LogP contribution is 2.27. The number of thiophene rings is 1. The minimum absolute atomic E-state index is 0.117. The Labute approximate surface area is 155 Å². The van der Waals surface area contributed by atoms with Crippen LogP contribution in [0.1, 0.15) is 35.3 Å². The van der Waals surface area contributed by atoms with E-state index in [1.165, 1.54) is 18.6 Å². The quantitative estimate of drug-likeness (QED) is 0.724. The van der Waals surface area contributed by atoms with Crippen molar-refractivity contribution in [1.82, 2.24) is 9.88 Å². The number of hydrogen-bond acceptors (Lipinski definition) is 3. The van der Waals surface area contributed by atoms with Crippen molar-refractivity contribution in [3.8, 4) is 0 Å². The molecule has 1 unspecified atom stereocenters. The molecule has 2 aromatic heterocycles. The predicted molar refractivity (Wildman–Crippen MR) is 101 cm³/mol. The molecule has 3 heterocycles. The van der Waals surface area contributed by atoms with Crippen LogP contribution in [0.5, 0.6) is 0 Å². The molecule has 1 aromatic carbocycles.